The van der Waals surface area contributed by atoms with Crippen LogP contribution in [0.5, 0.6) is 0 Å². The molecule has 3 nitrogen and oxygen atoms in total. The van der Waals surface area contributed by atoms with Gasteiger partial charge in [-0.05, 0) is 91.2 Å². The van der Waals surface area contributed by atoms with Gasteiger partial charge < -0.3 is 10.4 Å². The van der Waals surface area contributed by atoms with E-state index in [1.165, 1.54) is 41.6 Å². The molecule has 2 saturated carbocycles. The van der Waals surface area contributed by atoms with E-state index in [9.17, 15) is 9.90 Å². The molecule has 0 amide bonds. The van der Waals surface area contributed by atoms with Gasteiger partial charge in [0.15, 0.2) is 0 Å². The van der Waals surface area contributed by atoms with Crippen LogP contribution in [0.4, 0.5) is 5.69 Å². The number of aryl methyl sites for hydroxylation is 2. The number of carboxylic acid groups (broad SMARTS) is 1. The fraction of sp³-hybridized carbons (Fsp3) is 0.435. The zero-order valence-electron chi connectivity index (χ0n) is 15.3. The molecule has 0 unspecified atom stereocenters. The van der Waals surface area contributed by atoms with Crippen molar-refractivity contribution >= 4 is 11.7 Å². The molecule has 0 radical (unpaired) electrons. The lowest BCUT2D eigenvalue weighted by atomic mass is 9.67. The standard InChI is InChI=1S/C23H25NO2/c1-12-3-4-13(2)21-18(12)19-16-9-10-17(11-16)20(19)22(24-21)14-5-7-15(8-6-14)23(25)26/h3-8,16-17,19-20,22,24H,9-11H2,1-2H3,(H,25,26)/t16-,17-,19-,20-,22+/m0/s1. The van der Waals surface area contributed by atoms with E-state index < -0.39 is 5.97 Å². The summed E-state index contributed by atoms with van der Waals surface area (Å²) in [7, 11) is 0. The van der Waals surface area contributed by atoms with E-state index in [1.807, 2.05) is 12.1 Å². The maximum absolute atomic E-state index is 11.2. The zero-order valence-corrected chi connectivity index (χ0v) is 15.3. The molecule has 0 aromatic heterocycles. The molecule has 3 heteroatoms. The minimum Gasteiger partial charge on any atom is -0.478 e. The second kappa shape index (κ2) is 5.60. The predicted molar refractivity (Wildman–Crippen MR) is 103 cm³/mol. The molecule has 2 fully saturated rings. The van der Waals surface area contributed by atoms with E-state index >= 15 is 0 Å². The highest BCUT2D eigenvalue weighted by atomic mass is 16.4. The normalized spacial score (nSPS) is 31.2. The molecule has 0 spiro atoms. The molecule has 26 heavy (non-hydrogen) atoms. The van der Waals surface area contributed by atoms with Crippen LogP contribution >= 0.6 is 0 Å². The first-order valence-corrected chi connectivity index (χ1v) is 9.74. The predicted octanol–water partition coefficient (Wildman–Crippen LogP) is 5.30. The average Bonchev–Trinajstić information content (AvgIpc) is 3.26. The largest absolute Gasteiger partial charge is 0.478 e. The lowest BCUT2D eigenvalue weighted by Crippen LogP contribution is -2.36. The number of fused-ring (bicyclic) bond motifs is 7. The second-order valence-electron chi connectivity index (χ2n) is 8.47. The maximum atomic E-state index is 11.2. The van der Waals surface area contributed by atoms with Crippen molar-refractivity contribution in [2.24, 2.45) is 17.8 Å². The van der Waals surface area contributed by atoms with Crippen LogP contribution in [0.1, 0.15) is 63.8 Å². The average molecular weight is 347 g/mol. The summed E-state index contributed by atoms with van der Waals surface area (Å²) >= 11 is 0. The van der Waals surface area contributed by atoms with Crippen molar-refractivity contribution < 1.29 is 9.90 Å². The molecule has 0 saturated heterocycles. The maximum Gasteiger partial charge on any atom is 0.335 e. The first-order valence-electron chi connectivity index (χ1n) is 9.74. The molecule has 2 N–H and O–H groups in total. The van der Waals surface area contributed by atoms with Crippen LogP contribution in [0, 0.1) is 31.6 Å². The van der Waals surface area contributed by atoms with Crippen molar-refractivity contribution in [1.82, 2.24) is 0 Å². The number of anilines is 1. The molecule has 134 valence electrons. The molecule has 3 aliphatic rings. The summed E-state index contributed by atoms with van der Waals surface area (Å²) < 4.78 is 0. The van der Waals surface area contributed by atoms with Gasteiger partial charge in [-0.3, -0.25) is 0 Å². The molecule has 2 aliphatic carbocycles. The van der Waals surface area contributed by atoms with E-state index in [0.29, 0.717) is 17.4 Å². The summed E-state index contributed by atoms with van der Waals surface area (Å²) in [6, 6.07) is 12.3. The van der Waals surface area contributed by atoms with E-state index in [1.54, 1.807) is 17.7 Å². The first kappa shape index (κ1) is 15.9. The minimum atomic E-state index is -0.859. The number of rotatable bonds is 2. The number of carbonyl (C=O) groups is 1. The van der Waals surface area contributed by atoms with Crippen molar-refractivity contribution in [3.8, 4) is 0 Å². The molecule has 5 rings (SSSR count). The Morgan fingerprint density at radius 3 is 2.42 bits per heavy atom. The van der Waals surface area contributed by atoms with Gasteiger partial charge in [0, 0.05) is 5.69 Å². The van der Waals surface area contributed by atoms with Crippen LogP contribution in [0.3, 0.4) is 0 Å². The molecule has 2 bridgehead atoms. The minimum absolute atomic E-state index is 0.283. The van der Waals surface area contributed by atoms with Gasteiger partial charge >= 0.3 is 5.97 Å². The van der Waals surface area contributed by atoms with E-state index in [2.05, 4.69) is 31.3 Å². The van der Waals surface area contributed by atoms with Gasteiger partial charge in [0.25, 0.3) is 0 Å². The highest BCUT2D eigenvalue weighted by molar-refractivity contribution is 5.87. The first-order chi connectivity index (χ1) is 12.5. The summed E-state index contributed by atoms with van der Waals surface area (Å²) in [5.74, 6) is 2.01. The summed E-state index contributed by atoms with van der Waals surface area (Å²) in [5.41, 5.74) is 7.21. The summed E-state index contributed by atoms with van der Waals surface area (Å²) in [4.78, 5) is 11.2. The Hall–Kier alpha value is -2.29. The summed E-state index contributed by atoms with van der Waals surface area (Å²) in [6.45, 7) is 4.45. The molecule has 1 heterocycles. The Balaban J connectivity index is 1.63. The third kappa shape index (κ3) is 2.16. The van der Waals surface area contributed by atoms with Gasteiger partial charge in [0.1, 0.15) is 0 Å². The molecular formula is C23H25NO2. The highest BCUT2D eigenvalue weighted by Crippen LogP contribution is 2.64. The van der Waals surface area contributed by atoms with Gasteiger partial charge in [-0.25, -0.2) is 4.79 Å². The number of benzene rings is 2. The van der Waals surface area contributed by atoms with Gasteiger partial charge in [-0.1, -0.05) is 24.3 Å². The summed E-state index contributed by atoms with van der Waals surface area (Å²) in [6.07, 6.45) is 4.06. The fourth-order valence-corrected chi connectivity index (χ4v) is 6.09. The van der Waals surface area contributed by atoms with Crippen LogP contribution in [0.15, 0.2) is 36.4 Å². The van der Waals surface area contributed by atoms with Crippen molar-refractivity contribution in [3.05, 3.63) is 64.2 Å². The van der Waals surface area contributed by atoms with Crippen LogP contribution in [-0.2, 0) is 0 Å². The molecular weight excluding hydrogens is 322 g/mol. The Bertz CT molecular complexity index is 886. The Kier molecular flexibility index (Phi) is 3.43. The molecule has 1 aliphatic heterocycles. The lowest BCUT2D eigenvalue weighted by molar-refractivity contribution is 0.0697. The zero-order chi connectivity index (χ0) is 18.0. The van der Waals surface area contributed by atoms with Gasteiger partial charge in [0.05, 0.1) is 11.6 Å². The third-order valence-corrected chi connectivity index (χ3v) is 7.19. The Morgan fingerprint density at radius 1 is 1.00 bits per heavy atom. The van der Waals surface area contributed by atoms with Crippen molar-refractivity contribution in [2.45, 2.75) is 45.1 Å². The topological polar surface area (TPSA) is 49.3 Å². The molecule has 2 aromatic carbocycles. The van der Waals surface area contributed by atoms with Crippen LogP contribution < -0.4 is 5.32 Å². The van der Waals surface area contributed by atoms with Gasteiger partial charge in [0.2, 0.25) is 0 Å². The van der Waals surface area contributed by atoms with E-state index in [4.69, 9.17) is 0 Å². The molecule has 5 atom stereocenters. The van der Waals surface area contributed by atoms with Crippen molar-refractivity contribution in [1.29, 1.82) is 0 Å². The monoisotopic (exact) mass is 347 g/mol. The Labute approximate surface area is 154 Å². The smallest absolute Gasteiger partial charge is 0.335 e. The van der Waals surface area contributed by atoms with E-state index in [0.717, 1.165) is 11.8 Å². The number of hydrogen-bond acceptors (Lipinski definition) is 2. The number of aromatic carboxylic acids is 1. The van der Waals surface area contributed by atoms with Crippen LogP contribution in [-0.4, -0.2) is 11.1 Å². The Morgan fingerprint density at radius 2 is 1.69 bits per heavy atom. The number of carboxylic acids is 1. The molecule has 2 aromatic rings. The second-order valence-corrected chi connectivity index (χ2v) is 8.47. The van der Waals surface area contributed by atoms with Crippen LogP contribution in [0.25, 0.3) is 0 Å². The lowest BCUT2D eigenvalue weighted by Gasteiger charge is -2.44. The van der Waals surface area contributed by atoms with Crippen molar-refractivity contribution in [2.75, 3.05) is 5.32 Å². The van der Waals surface area contributed by atoms with Crippen LogP contribution in [0.2, 0.25) is 0 Å². The number of nitrogens with one attached hydrogen (secondary N) is 1. The SMILES string of the molecule is Cc1ccc(C)c2c1N[C@H](c1ccc(C(=O)O)cc1)[C@H]1[C@H]3CC[C@@H](C3)[C@@H]21. The third-order valence-electron chi connectivity index (χ3n) is 7.19. The highest BCUT2D eigenvalue weighted by Gasteiger charge is 2.54. The summed E-state index contributed by atoms with van der Waals surface area (Å²) in [5, 5.41) is 13.1. The van der Waals surface area contributed by atoms with Gasteiger partial charge in [-0.15, -0.1) is 0 Å². The van der Waals surface area contributed by atoms with E-state index in [-0.39, 0.29) is 6.04 Å². The quantitative estimate of drug-likeness (QED) is 0.775. The van der Waals surface area contributed by atoms with Gasteiger partial charge in [-0.2, -0.15) is 0 Å². The fourth-order valence-electron chi connectivity index (χ4n) is 6.09. The number of hydrogen-bond donors (Lipinski definition) is 2. The van der Waals surface area contributed by atoms with Crippen molar-refractivity contribution in [3.63, 3.8) is 0 Å².